The number of benzene rings is 2. The van der Waals surface area contributed by atoms with Crippen molar-refractivity contribution in [2.45, 2.75) is 31.9 Å². The lowest BCUT2D eigenvalue weighted by atomic mass is 9.98. The van der Waals surface area contributed by atoms with Gasteiger partial charge >= 0.3 is 6.09 Å². The van der Waals surface area contributed by atoms with Gasteiger partial charge in [-0.25, -0.2) is 14.8 Å². The third-order valence-electron chi connectivity index (χ3n) is 5.35. The summed E-state index contributed by atoms with van der Waals surface area (Å²) in [6, 6.07) is 16.0. The minimum Gasteiger partial charge on any atom is -0.507 e. The van der Waals surface area contributed by atoms with E-state index in [4.69, 9.17) is 10.5 Å². The zero-order valence-electron chi connectivity index (χ0n) is 16.9. The molecule has 1 aromatic heterocycles. The molecule has 1 unspecified atom stereocenters. The van der Waals surface area contributed by atoms with Crippen LogP contribution in [0.1, 0.15) is 36.6 Å². The number of aromatic nitrogens is 2. The molecule has 2 aromatic carbocycles. The molecule has 0 aliphatic carbocycles. The SMILES string of the molecule is Nc1nc(-c2c(O)cccc2OCc2ccccc2)cc(C2CCCCN2C(=O)O)n1. The van der Waals surface area contributed by atoms with Crippen molar-refractivity contribution in [3.05, 3.63) is 65.9 Å². The molecule has 160 valence electrons. The Hall–Kier alpha value is -3.81. The maximum absolute atomic E-state index is 11.7. The summed E-state index contributed by atoms with van der Waals surface area (Å²) < 4.78 is 5.98. The van der Waals surface area contributed by atoms with Crippen molar-refractivity contribution < 1.29 is 19.7 Å². The molecular formula is C23H24N4O4. The van der Waals surface area contributed by atoms with E-state index >= 15 is 0 Å². The zero-order valence-corrected chi connectivity index (χ0v) is 16.9. The molecule has 1 saturated heterocycles. The van der Waals surface area contributed by atoms with Crippen molar-refractivity contribution in [1.82, 2.24) is 14.9 Å². The van der Waals surface area contributed by atoms with Crippen molar-refractivity contribution >= 4 is 12.0 Å². The van der Waals surface area contributed by atoms with Crippen molar-refractivity contribution in [3.8, 4) is 22.8 Å². The number of rotatable bonds is 5. The number of nitrogens with two attached hydrogens (primary N) is 1. The molecule has 8 heteroatoms. The van der Waals surface area contributed by atoms with E-state index in [2.05, 4.69) is 9.97 Å². The van der Waals surface area contributed by atoms with Crippen LogP contribution in [0.4, 0.5) is 10.7 Å². The molecule has 0 saturated carbocycles. The summed E-state index contributed by atoms with van der Waals surface area (Å²) in [5.74, 6) is 0.459. The van der Waals surface area contributed by atoms with E-state index in [-0.39, 0.29) is 11.7 Å². The number of phenols is 1. The van der Waals surface area contributed by atoms with Gasteiger partial charge in [0.05, 0.1) is 23.0 Å². The van der Waals surface area contributed by atoms with Crippen LogP contribution in [-0.4, -0.2) is 37.7 Å². The normalized spacial score (nSPS) is 16.1. The molecule has 1 amide bonds. The van der Waals surface area contributed by atoms with Crippen LogP contribution in [0.5, 0.6) is 11.5 Å². The van der Waals surface area contributed by atoms with Gasteiger partial charge in [0.2, 0.25) is 5.95 Å². The Balaban J connectivity index is 1.70. The van der Waals surface area contributed by atoms with Crippen LogP contribution in [-0.2, 0) is 6.61 Å². The summed E-state index contributed by atoms with van der Waals surface area (Å²) in [4.78, 5) is 21.7. The molecule has 0 spiro atoms. The summed E-state index contributed by atoms with van der Waals surface area (Å²) >= 11 is 0. The Labute approximate surface area is 179 Å². The number of hydrogen-bond donors (Lipinski definition) is 3. The van der Waals surface area contributed by atoms with Crippen molar-refractivity contribution in [3.63, 3.8) is 0 Å². The number of nitrogen functional groups attached to an aromatic ring is 1. The van der Waals surface area contributed by atoms with Crippen LogP contribution in [0.2, 0.25) is 0 Å². The minimum atomic E-state index is -0.988. The van der Waals surface area contributed by atoms with Gasteiger partial charge in [0.25, 0.3) is 0 Å². The van der Waals surface area contributed by atoms with Crippen LogP contribution in [0.15, 0.2) is 54.6 Å². The highest BCUT2D eigenvalue weighted by Gasteiger charge is 2.30. The van der Waals surface area contributed by atoms with Crippen molar-refractivity contribution in [1.29, 1.82) is 0 Å². The number of carbonyl (C=O) groups is 1. The van der Waals surface area contributed by atoms with E-state index in [0.29, 0.717) is 42.3 Å². The van der Waals surface area contributed by atoms with Gasteiger partial charge in [-0.15, -0.1) is 0 Å². The van der Waals surface area contributed by atoms with Crippen LogP contribution >= 0.6 is 0 Å². The molecule has 0 radical (unpaired) electrons. The third-order valence-corrected chi connectivity index (χ3v) is 5.35. The number of phenolic OH excluding ortho intramolecular Hbond substituents is 1. The lowest BCUT2D eigenvalue weighted by Crippen LogP contribution is -2.38. The fraction of sp³-hybridized carbons (Fsp3) is 0.261. The molecule has 1 fully saturated rings. The van der Waals surface area contributed by atoms with Crippen LogP contribution in [0.3, 0.4) is 0 Å². The van der Waals surface area contributed by atoms with E-state index in [0.717, 1.165) is 18.4 Å². The molecule has 2 heterocycles. The maximum atomic E-state index is 11.7. The number of anilines is 1. The van der Waals surface area contributed by atoms with E-state index < -0.39 is 12.1 Å². The van der Waals surface area contributed by atoms with Crippen LogP contribution in [0.25, 0.3) is 11.3 Å². The predicted molar refractivity (Wildman–Crippen MR) is 116 cm³/mol. The zero-order chi connectivity index (χ0) is 21.8. The van der Waals surface area contributed by atoms with Gasteiger partial charge in [-0.2, -0.15) is 0 Å². The van der Waals surface area contributed by atoms with Gasteiger partial charge in [-0.05, 0) is 43.0 Å². The van der Waals surface area contributed by atoms with E-state index in [1.165, 1.54) is 4.90 Å². The summed E-state index contributed by atoms with van der Waals surface area (Å²) in [7, 11) is 0. The molecule has 8 nitrogen and oxygen atoms in total. The standard InChI is InChI=1S/C23H24N4O4/c24-22-25-16(18-9-4-5-12-27(18)23(29)30)13-17(26-22)21-19(28)10-6-11-20(21)31-14-15-7-2-1-3-8-15/h1-3,6-8,10-11,13,18,28H,4-5,9,12,14H2,(H,29,30)(H2,24,25,26). The highest BCUT2D eigenvalue weighted by Crippen LogP contribution is 2.39. The first kappa shape index (κ1) is 20.5. The summed E-state index contributed by atoms with van der Waals surface area (Å²) in [6.07, 6.45) is 1.38. The topological polar surface area (TPSA) is 122 Å². The van der Waals surface area contributed by atoms with Gasteiger partial charge in [-0.3, -0.25) is 4.90 Å². The summed E-state index contributed by atoms with van der Waals surface area (Å²) in [5, 5.41) is 20.2. The lowest BCUT2D eigenvalue weighted by Gasteiger charge is -2.33. The Bertz CT molecular complexity index is 1070. The predicted octanol–water partition coefficient (Wildman–Crippen LogP) is 4.22. The largest absolute Gasteiger partial charge is 0.507 e. The average Bonchev–Trinajstić information content (AvgIpc) is 2.78. The molecule has 0 bridgehead atoms. The highest BCUT2D eigenvalue weighted by atomic mass is 16.5. The number of nitrogens with zero attached hydrogens (tertiary/aromatic N) is 3. The highest BCUT2D eigenvalue weighted by molar-refractivity contribution is 5.75. The molecule has 1 aliphatic heterocycles. The number of aromatic hydroxyl groups is 1. The summed E-state index contributed by atoms with van der Waals surface area (Å²) in [5.41, 5.74) is 8.26. The first-order valence-electron chi connectivity index (χ1n) is 10.2. The van der Waals surface area contributed by atoms with Gasteiger partial charge in [0, 0.05) is 6.54 Å². The molecule has 4 rings (SSSR count). The fourth-order valence-corrected chi connectivity index (χ4v) is 3.88. The number of ether oxygens (including phenoxy) is 1. The smallest absolute Gasteiger partial charge is 0.407 e. The van der Waals surface area contributed by atoms with E-state index in [9.17, 15) is 15.0 Å². The average molecular weight is 420 g/mol. The number of piperidine rings is 1. The Morgan fingerprint density at radius 2 is 1.94 bits per heavy atom. The first-order valence-corrected chi connectivity index (χ1v) is 10.2. The Morgan fingerprint density at radius 1 is 1.13 bits per heavy atom. The molecule has 1 atom stereocenters. The second-order valence-corrected chi connectivity index (χ2v) is 7.45. The first-order chi connectivity index (χ1) is 15.0. The number of amides is 1. The fourth-order valence-electron chi connectivity index (χ4n) is 3.88. The van der Waals surface area contributed by atoms with E-state index in [1.54, 1.807) is 24.3 Å². The molecule has 1 aliphatic rings. The van der Waals surface area contributed by atoms with Crippen molar-refractivity contribution in [2.24, 2.45) is 0 Å². The molecule has 3 aromatic rings. The van der Waals surface area contributed by atoms with Crippen LogP contribution < -0.4 is 10.5 Å². The monoisotopic (exact) mass is 420 g/mol. The number of hydrogen-bond acceptors (Lipinski definition) is 6. The Kier molecular flexibility index (Phi) is 5.88. The van der Waals surface area contributed by atoms with E-state index in [1.807, 2.05) is 30.3 Å². The summed E-state index contributed by atoms with van der Waals surface area (Å²) in [6.45, 7) is 0.765. The molecular weight excluding hydrogens is 396 g/mol. The molecule has 31 heavy (non-hydrogen) atoms. The van der Waals surface area contributed by atoms with Gasteiger partial charge in [0.15, 0.2) is 0 Å². The number of carboxylic acid groups (broad SMARTS) is 1. The van der Waals surface area contributed by atoms with Gasteiger partial charge in [-0.1, -0.05) is 36.4 Å². The van der Waals surface area contributed by atoms with Crippen LogP contribution in [0, 0.1) is 0 Å². The number of likely N-dealkylation sites (tertiary alicyclic amines) is 1. The second-order valence-electron chi connectivity index (χ2n) is 7.45. The quantitative estimate of drug-likeness (QED) is 0.565. The van der Waals surface area contributed by atoms with Crippen molar-refractivity contribution in [2.75, 3.05) is 12.3 Å². The molecule has 4 N–H and O–H groups in total. The minimum absolute atomic E-state index is 0.00616. The lowest BCUT2D eigenvalue weighted by molar-refractivity contribution is 0.105. The third kappa shape index (κ3) is 4.53. The van der Waals surface area contributed by atoms with Gasteiger partial charge in [0.1, 0.15) is 18.1 Å². The second kappa shape index (κ2) is 8.91. The maximum Gasteiger partial charge on any atom is 0.407 e. The van der Waals surface area contributed by atoms with Gasteiger partial charge < -0.3 is 20.7 Å². The Morgan fingerprint density at radius 3 is 2.71 bits per heavy atom.